The van der Waals surface area contributed by atoms with E-state index in [0.717, 1.165) is 17.1 Å². The third kappa shape index (κ3) is 1.56. The van der Waals surface area contributed by atoms with Gasteiger partial charge >= 0.3 is 0 Å². The number of aromatic amines is 1. The number of rotatable bonds is 3. The van der Waals surface area contributed by atoms with Crippen molar-refractivity contribution in [2.24, 2.45) is 5.92 Å². The Morgan fingerprint density at radius 1 is 1.50 bits per heavy atom. The van der Waals surface area contributed by atoms with Gasteiger partial charge in [0.1, 0.15) is 5.82 Å². The maximum atomic E-state index is 5.64. The summed E-state index contributed by atoms with van der Waals surface area (Å²) < 4.78 is 0. The molecule has 0 amide bonds. The van der Waals surface area contributed by atoms with E-state index in [1.165, 1.54) is 12.8 Å². The van der Waals surface area contributed by atoms with E-state index in [1.807, 2.05) is 0 Å². The highest BCUT2D eigenvalue weighted by atomic mass is 15.2. The summed E-state index contributed by atoms with van der Waals surface area (Å²) in [4.78, 5) is 8.29. The van der Waals surface area contributed by atoms with Crippen molar-refractivity contribution >= 4 is 22.8 Å². The summed E-state index contributed by atoms with van der Waals surface area (Å²) in [7, 11) is 0. The standard InChI is InChI=1S/C10H14N6/c1-5(6-2-3-6)13-8-7-4-12-16-9(7)15-10(11)14-8/h4-6H,2-3H2,1H3,(H4,11,12,13,14,15,16). The first-order valence-electron chi connectivity index (χ1n) is 5.47. The van der Waals surface area contributed by atoms with Crippen molar-refractivity contribution in [2.75, 3.05) is 11.1 Å². The zero-order valence-corrected chi connectivity index (χ0v) is 9.07. The lowest BCUT2D eigenvalue weighted by Gasteiger charge is -2.13. The van der Waals surface area contributed by atoms with Crippen molar-refractivity contribution in [1.82, 2.24) is 20.2 Å². The maximum absolute atomic E-state index is 5.64. The fraction of sp³-hybridized carbons (Fsp3) is 0.500. The van der Waals surface area contributed by atoms with Crippen LogP contribution in [0.25, 0.3) is 11.0 Å². The molecule has 2 aromatic rings. The van der Waals surface area contributed by atoms with Crippen LogP contribution in [0, 0.1) is 5.92 Å². The molecule has 84 valence electrons. The Hall–Kier alpha value is -1.85. The average Bonchev–Trinajstić information content (AvgIpc) is 2.98. The summed E-state index contributed by atoms with van der Waals surface area (Å²) in [5.74, 6) is 1.80. The number of hydrogen-bond acceptors (Lipinski definition) is 5. The lowest BCUT2D eigenvalue weighted by molar-refractivity contribution is 0.692. The molecule has 1 atom stereocenters. The average molecular weight is 218 g/mol. The fourth-order valence-electron chi connectivity index (χ4n) is 1.89. The van der Waals surface area contributed by atoms with E-state index < -0.39 is 0 Å². The third-order valence-electron chi connectivity index (χ3n) is 3.02. The zero-order chi connectivity index (χ0) is 11.1. The SMILES string of the molecule is CC(Nc1nc(N)nc2[nH]ncc12)C1CC1. The lowest BCUT2D eigenvalue weighted by atomic mass is 10.2. The van der Waals surface area contributed by atoms with Gasteiger partial charge in [0.2, 0.25) is 5.95 Å². The Morgan fingerprint density at radius 3 is 3.06 bits per heavy atom. The minimum absolute atomic E-state index is 0.266. The number of anilines is 2. The molecule has 1 aliphatic rings. The Bertz CT molecular complexity index is 515. The predicted molar refractivity (Wildman–Crippen MR) is 61.9 cm³/mol. The Morgan fingerprint density at radius 2 is 2.31 bits per heavy atom. The molecule has 1 unspecified atom stereocenters. The van der Waals surface area contributed by atoms with Crippen LogP contribution >= 0.6 is 0 Å². The smallest absolute Gasteiger partial charge is 0.224 e. The number of hydrogen-bond donors (Lipinski definition) is 3. The molecule has 2 aromatic heterocycles. The monoisotopic (exact) mass is 218 g/mol. The van der Waals surface area contributed by atoms with Gasteiger partial charge in [-0.15, -0.1) is 0 Å². The highest BCUT2D eigenvalue weighted by molar-refractivity contribution is 5.86. The second-order valence-electron chi connectivity index (χ2n) is 4.33. The van der Waals surface area contributed by atoms with E-state index in [0.29, 0.717) is 11.7 Å². The topological polar surface area (TPSA) is 92.5 Å². The van der Waals surface area contributed by atoms with Crippen LogP contribution in [0.5, 0.6) is 0 Å². The van der Waals surface area contributed by atoms with Gasteiger partial charge in [-0.25, -0.2) is 0 Å². The number of nitrogens with one attached hydrogen (secondary N) is 2. The summed E-state index contributed by atoms with van der Waals surface area (Å²) in [5.41, 5.74) is 6.32. The molecule has 0 radical (unpaired) electrons. The molecule has 6 nitrogen and oxygen atoms in total. The molecule has 0 spiro atoms. The van der Waals surface area contributed by atoms with Crippen molar-refractivity contribution < 1.29 is 0 Å². The second-order valence-corrected chi connectivity index (χ2v) is 4.33. The van der Waals surface area contributed by atoms with Crippen molar-refractivity contribution in [3.63, 3.8) is 0 Å². The number of aromatic nitrogens is 4. The summed E-state index contributed by atoms with van der Waals surface area (Å²) in [5, 5.41) is 11.0. The molecular formula is C10H14N6. The summed E-state index contributed by atoms with van der Waals surface area (Å²) in [6.07, 6.45) is 4.31. The van der Waals surface area contributed by atoms with Crippen molar-refractivity contribution in [3.05, 3.63) is 6.20 Å². The summed E-state index contributed by atoms with van der Waals surface area (Å²) >= 11 is 0. The normalized spacial score (nSPS) is 17.6. The van der Waals surface area contributed by atoms with Crippen LogP contribution in [0.4, 0.5) is 11.8 Å². The summed E-state index contributed by atoms with van der Waals surface area (Å²) in [6, 6.07) is 0.424. The minimum atomic E-state index is 0.266. The molecule has 0 saturated heterocycles. The molecule has 0 bridgehead atoms. The number of nitrogens with two attached hydrogens (primary N) is 1. The Kier molecular flexibility index (Phi) is 1.95. The first kappa shape index (κ1) is 9.38. The molecular weight excluding hydrogens is 204 g/mol. The van der Waals surface area contributed by atoms with Crippen LogP contribution in [0.3, 0.4) is 0 Å². The van der Waals surface area contributed by atoms with E-state index >= 15 is 0 Å². The molecule has 3 rings (SSSR count). The lowest BCUT2D eigenvalue weighted by Crippen LogP contribution is -2.18. The van der Waals surface area contributed by atoms with E-state index in [1.54, 1.807) is 6.20 Å². The van der Waals surface area contributed by atoms with Crippen LogP contribution in [-0.2, 0) is 0 Å². The van der Waals surface area contributed by atoms with Crippen LogP contribution in [0.15, 0.2) is 6.20 Å². The van der Waals surface area contributed by atoms with Crippen LogP contribution in [0.2, 0.25) is 0 Å². The number of H-pyrrole nitrogens is 1. The highest BCUT2D eigenvalue weighted by Gasteiger charge is 2.28. The first-order valence-corrected chi connectivity index (χ1v) is 5.47. The van der Waals surface area contributed by atoms with E-state index in [4.69, 9.17) is 5.73 Å². The third-order valence-corrected chi connectivity index (χ3v) is 3.02. The quantitative estimate of drug-likeness (QED) is 0.718. The van der Waals surface area contributed by atoms with Gasteiger partial charge in [-0.3, -0.25) is 5.10 Å². The molecule has 1 fully saturated rings. The van der Waals surface area contributed by atoms with Crippen LogP contribution in [0.1, 0.15) is 19.8 Å². The van der Waals surface area contributed by atoms with E-state index in [9.17, 15) is 0 Å². The summed E-state index contributed by atoms with van der Waals surface area (Å²) in [6.45, 7) is 2.17. The molecule has 16 heavy (non-hydrogen) atoms. The van der Waals surface area contributed by atoms with Crippen LogP contribution < -0.4 is 11.1 Å². The Balaban J connectivity index is 1.97. The van der Waals surface area contributed by atoms with Crippen molar-refractivity contribution in [3.8, 4) is 0 Å². The van der Waals surface area contributed by atoms with Crippen molar-refractivity contribution in [2.45, 2.75) is 25.8 Å². The highest BCUT2D eigenvalue weighted by Crippen LogP contribution is 2.34. The number of nitrogens with zero attached hydrogens (tertiary/aromatic N) is 3. The number of nitrogen functional groups attached to an aromatic ring is 1. The molecule has 6 heteroatoms. The zero-order valence-electron chi connectivity index (χ0n) is 9.07. The van der Waals surface area contributed by atoms with Gasteiger partial charge in [-0.05, 0) is 25.7 Å². The maximum Gasteiger partial charge on any atom is 0.224 e. The van der Waals surface area contributed by atoms with Gasteiger partial charge in [-0.2, -0.15) is 15.1 Å². The fourth-order valence-corrected chi connectivity index (χ4v) is 1.89. The molecule has 2 heterocycles. The van der Waals surface area contributed by atoms with Crippen LogP contribution in [-0.4, -0.2) is 26.2 Å². The second kappa shape index (κ2) is 3.33. The van der Waals surface area contributed by atoms with E-state index in [-0.39, 0.29) is 5.95 Å². The number of fused-ring (bicyclic) bond motifs is 1. The van der Waals surface area contributed by atoms with Crippen molar-refractivity contribution in [1.29, 1.82) is 0 Å². The van der Waals surface area contributed by atoms with Gasteiger partial charge in [0, 0.05) is 6.04 Å². The first-order chi connectivity index (χ1) is 7.74. The van der Waals surface area contributed by atoms with Gasteiger partial charge in [0.15, 0.2) is 5.65 Å². The van der Waals surface area contributed by atoms with E-state index in [2.05, 4.69) is 32.4 Å². The van der Waals surface area contributed by atoms with Gasteiger partial charge < -0.3 is 11.1 Å². The largest absolute Gasteiger partial charge is 0.368 e. The molecule has 0 aliphatic heterocycles. The molecule has 1 aliphatic carbocycles. The van der Waals surface area contributed by atoms with Gasteiger partial charge in [-0.1, -0.05) is 0 Å². The molecule has 4 N–H and O–H groups in total. The molecule has 0 aromatic carbocycles. The molecule has 1 saturated carbocycles. The van der Waals surface area contributed by atoms with Gasteiger partial charge in [0.25, 0.3) is 0 Å². The minimum Gasteiger partial charge on any atom is -0.368 e. The van der Waals surface area contributed by atoms with Gasteiger partial charge in [0.05, 0.1) is 11.6 Å². The predicted octanol–water partition coefficient (Wildman–Crippen LogP) is 1.15. The Labute approximate surface area is 92.7 Å².